The lowest BCUT2D eigenvalue weighted by Crippen LogP contribution is -2.51. The number of carbonyl (C=O) groups is 2. The number of nitrogens with zero attached hydrogens (tertiary/aromatic N) is 1. The fraction of sp³-hybridized carbons (Fsp3) is 0.846. The highest BCUT2D eigenvalue weighted by molar-refractivity contribution is 5.74. The monoisotopic (exact) mass is 303 g/mol. The number of carboxylic acid groups (broad SMARTS) is 1. The van der Waals surface area contributed by atoms with Gasteiger partial charge in [-0.05, 0) is 6.42 Å². The summed E-state index contributed by atoms with van der Waals surface area (Å²) in [5.41, 5.74) is 0. The zero-order chi connectivity index (χ0) is 15.7. The molecule has 0 saturated carbocycles. The molecule has 8 heteroatoms. The van der Waals surface area contributed by atoms with Crippen molar-refractivity contribution in [3.05, 3.63) is 0 Å². The van der Waals surface area contributed by atoms with Gasteiger partial charge in [-0.15, -0.1) is 0 Å². The van der Waals surface area contributed by atoms with Crippen molar-refractivity contribution >= 4 is 12.1 Å². The van der Waals surface area contributed by atoms with Gasteiger partial charge in [0.15, 0.2) is 0 Å². The van der Waals surface area contributed by atoms with Crippen LogP contribution < -0.4 is 10.6 Å². The Kier molecular flexibility index (Phi) is 7.84. The molecule has 0 unspecified atom stereocenters. The predicted molar refractivity (Wildman–Crippen MR) is 76.3 cm³/mol. The van der Waals surface area contributed by atoms with Crippen LogP contribution in [0.15, 0.2) is 0 Å². The molecule has 4 N–H and O–H groups in total. The van der Waals surface area contributed by atoms with E-state index in [1.165, 1.54) is 0 Å². The van der Waals surface area contributed by atoms with Gasteiger partial charge < -0.3 is 30.5 Å². The second-order valence-corrected chi connectivity index (χ2v) is 5.05. The van der Waals surface area contributed by atoms with E-state index in [9.17, 15) is 14.7 Å². The molecule has 1 aliphatic rings. The van der Waals surface area contributed by atoms with E-state index >= 15 is 0 Å². The largest absolute Gasteiger partial charge is 0.465 e. The first kappa shape index (κ1) is 17.5. The Morgan fingerprint density at radius 2 is 2.00 bits per heavy atom. The van der Waals surface area contributed by atoms with Crippen LogP contribution in [-0.4, -0.2) is 72.2 Å². The van der Waals surface area contributed by atoms with Crippen LogP contribution in [0.3, 0.4) is 0 Å². The van der Waals surface area contributed by atoms with Crippen LogP contribution in [0.25, 0.3) is 0 Å². The Morgan fingerprint density at radius 1 is 1.33 bits per heavy atom. The molecule has 1 heterocycles. The lowest BCUT2D eigenvalue weighted by molar-refractivity contribution is 0.0513. The molecule has 0 radical (unpaired) electrons. The Morgan fingerprint density at radius 3 is 2.57 bits per heavy atom. The second-order valence-electron chi connectivity index (χ2n) is 5.05. The van der Waals surface area contributed by atoms with Crippen LogP contribution in [-0.2, 0) is 4.74 Å². The van der Waals surface area contributed by atoms with Crippen molar-refractivity contribution in [3.63, 3.8) is 0 Å². The highest BCUT2D eigenvalue weighted by atomic mass is 16.5. The maximum absolute atomic E-state index is 11.9. The topological polar surface area (TPSA) is 111 Å². The first-order valence-corrected chi connectivity index (χ1v) is 7.32. The minimum Gasteiger partial charge on any atom is -0.465 e. The third-order valence-electron chi connectivity index (χ3n) is 3.40. The summed E-state index contributed by atoms with van der Waals surface area (Å²) in [4.78, 5) is 24.2. The normalized spacial score (nSPS) is 17.9. The second kappa shape index (κ2) is 9.41. The average molecular weight is 303 g/mol. The Hall–Kier alpha value is -1.54. The van der Waals surface area contributed by atoms with E-state index in [1.807, 2.05) is 6.92 Å². The lowest BCUT2D eigenvalue weighted by Gasteiger charge is -2.28. The lowest BCUT2D eigenvalue weighted by atomic mass is 10.0. The van der Waals surface area contributed by atoms with Crippen LogP contribution in [0.1, 0.15) is 26.2 Å². The number of ether oxygens (including phenoxy) is 1. The smallest absolute Gasteiger partial charge is 0.404 e. The van der Waals surface area contributed by atoms with Crippen molar-refractivity contribution < 1.29 is 24.5 Å². The van der Waals surface area contributed by atoms with E-state index in [4.69, 9.17) is 9.84 Å². The molecule has 1 fully saturated rings. The summed E-state index contributed by atoms with van der Waals surface area (Å²) in [6, 6.07) is -0.839. The number of amides is 3. The highest BCUT2D eigenvalue weighted by Gasteiger charge is 2.23. The molecule has 1 rings (SSSR count). The van der Waals surface area contributed by atoms with Gasteiger partial charge in [0.2, 0.25) is 0 Å². The number of nitrogens with one attached hydrogen (secondary N) is 2. The molecule has 21 heavy (non-hydrogen) atoms. The fourth-order valence-corrected chi connectivity index (χ4v) is 2.16. The van der Waals surface area contributed by atoms with Crippen molar-refractivity contribution in [2.45, 2.75) is 38.3 Å². The third kappa shape index (κ3) is 6.63. The Bertz CT molecular complexity index is 334. The molecule has 0 aromatic heterocycles. The minimum atomic E-state index is -1.17. The number of urea groups is 1. The molecule has 122 valence electrons. The molecule has 0 aromatic rings. The van der Waals surface area contributed by atoms with Gasteiger partial charge in [0.25, 0.3) is 0 Å². The number of morpholine rings is 1. The summed E-state index contributed by atoms with van der Waals surface area (Å²) in [6.45, 7) is 4.07. The van der Waals surface area contributed by atoms with Gasteiger partial charge in [-0.2, -0.15) is 0 Å². The van der Waals surface area contributed by atoms with E-state index in [0.29, 0.717) is 32.7 Å². The van der Waals surface area contributed by atoms with Crippen molar-refractivity contribution in [3.8, 4) is 0 Å². The Balaban J connectivity index is 2.38. The van der Waals surface area contributed by atoms with Crippen LogP contribution >= 0.6 is 0 Å². The maximum atomic E-state index is 11.9. The molecule has 0 aliphatic carbocycles. The number of unbranched alkanes of at least 4 members (excludes halogenated alkanes) is 1. The van der Waals surface area contributed by atoms with Gasteiger partial charge in [-0.3, -0.25) is 0 Å². The summed E-state index contributed by atoms with van der Waals surface area (Å²) < 4.78 is 5.16. The number of carbonyl (C=O) groups excluding carboxylic acids is 1. The van der Waals surface area contributed by atoms with Gasteiger partial charge >= 0.3 is 12.1 Å². The first-order chi connectivity index (χ1) is 10.0. The van der Waals surface area contributed by atoms with Crippen LogP contribution in [0.4, 0.5) is 9.59 Å². The molecule has 3 amide bonds. The first-order valence-electron chi connectivity index (χ1n) is 7.32. The van der Waals surface area contributed by atoms with E-state index in [1.54, 1.807) is 4.90 Å². The van der Waals surface area contributed by atoms with Gasteiger partial charge in [0, 0.05) is 19.6 Å². The van der Waals surface area contributed by atoms with Gasteiger partial charge in [0.1, 0.15) is 0 Å². The zero-order valence-electron chi connectivity index (χ0n) is 12.4. The van der Waals surface area contributed by atoms with Gasteiger partial charge in [-0.1, -0.05) is 19.8 Å². The van der Waals surface area contributed by atoms with E-state index in [0.717, 1.165) is 12.8 Å². The van der Waals surface area contributed by atoms with Crippen LogP contribution in [0.2, 0.25) is 0 Å². The SMILES string of the molecule is CCCC[C@H](NC(=O)O)[C@@H](O)CNC(=O)N1CCOCC1. The average Bonchev–Trinajstić information content (AvgIpc) is 2.49. The molecule has 1 aliphatic heterocycles. The molecule has 0 bridgehead atoms. The summed E-state index contributed by atoms with van der Waals surface area (Å²) in [6.07, 6.45) is 0.133. The highest BCUT2D eigenvalue weighted by Crippen LogP contribution is 2.05. The van der Waals surface area contributed by atoms with E-state index in [-0.39, 0.29) is 12.6 Å². The standard InChI is InChI=1S/C13H25N3O5/c1-2-3-4-10(15-13(19)20)11(17)9-14-12(18)16-5-7-21-8-6-16/h10-11,15,17H,2-9H2,1H3,(H,14,18)(H,19,20)/t10-,11-/m0/s1. The van der Waals surface area contributed by atoms with Crippen LogP contribution in [0, 0.1) is 0 Å². The molecule has 2 atom stereocenters. The number of hydrogen-bond acceptors (Lipinski definition) is 4. The van der Waals surface area contributed by atoms with Crippen molar-refractivity contribution in [2.75, 3.05) is 32.8 Å². The summed E-state index contributed by atoms with van der Waals surface area (Å²) in [7, 11) is 0. The maximum Gasteiger partial charge on any atom is 0.404 e. The number of rotatable bonds is 7. The summed E-state index contributed by atoms with van der Waals surface area (Å²) in [5, 5.41) is 23.8. The number of aliphatic hydroxyl groups is 1. The molecular weight excluding hydrogens is 278 g/mol. The van der Waals surface area contributed by atoms with Crippen molar-refractivity contribution in [1.29, 1.82) is 0 Å². The van der Waals surface area contributed by atoms with Crippen LogP contribution in [0.5, 0.6) is 0 Å². The predicted octanol–water partition coefficient (Wildman–Crippen LogP) is 0.216. The van der Waals surface area contributed by atoms with E-state index < -0.39 is 18.2 Å². The number of aliphatic hydroxyl groups excluding tert-OH is 1. The number of hydrogen-bond donors (Lipinski definition) is 4. The molecule has 0 aromatic carbocycles. The zero-order valence-corrected chi connectivity index (χ0v) is 12.4. The quantitative estimate of drug-likeness (QED) is 0.537. The molecule has 1 saturated heterocycles. The Labute approximate surface area is 124 Å². The minimum absolute atomic E-state index is 0.0187. The molecule has 0 spiro atoms. The molecular formula is C13H25N3O5. The fourth-order valence-electron chi connectivity index (χ4n) is 2.16. The van der Waals surface area contributed by atoms with Crippen molar-refractivity contribution in [1.82, 2.24) is 15.5 Å². The van der Waals surface area contributed by atoms with E-state index in [2.05, 4.69) is 10.6 Å². The third-order valence-corrected chi connectivity index (χ3v) is 3.40. The summed E-state index contributed by atoms with van der Waals surface area (Å²) >= 11 is 0. The molecule has 8 nitrogen and oxygen atoms in total. The summed E-state index contributed by atoms with van der Waals surface area (Å²) in [5.74, 6) is 0. The van der Waals surface area contributed by atoms with Gasteiger partial charge in [-0.25, -0.2) is 9.59 Å². The van der Waals surface area contributed by atoms with Gasteiger partial charge in [0.05, 0.1) is 25.4 Å². The van der Waals surface area contributed by atoms with Crippen molar-refractivity contribution in [2.24, 2.45) is 0 Å².